The summed E-state index contributed by atoms with van der Waals surface area (Å²) in [4.78, 5) is 24.9. The zero-order valence-corrected chi connectivity index (χ0v) is 11.4. The zero-order valence-electron chi connectivity index (χ0n) is 9.85. The number of carbonyl (C=O) groups excluding carboxylic acids is 2. The second kappa shape index (κ2) is 4.97. The summed E-state index contributed by atoms with van der Waals surface area (Å²) in [5, 5.41) is 0. The van der Waals surface area contributed by atoms with Crippen LogP contribution in [-0.2, 0) is 14.3 Å². The van der Waals surface area contributed by atoms with Gasteiger partial charge in [-0.05, 0) is 18.2 Å². The second-order valence-electron chi connectivity index (χ2n) is 4.13. The lowest BCUT2D eigenvalue weighted by Crippen LogP contribution is -2.26. The van der Waals surface area contributed by atoms with Crippen LogP contribution in [0.25, 0.3) is 0 Å². The number of ether oxygens (including phenoxy) is 1. The SMILES string of the molecule is COC(=O)C1CC(=O)N(c2ccc(Br)cc2N)C1. The zero-order chi connectivity index (χ0) is 13.3. The molecule has 6 heteroatoms. The van der Waals surface area contributed by atoms with Crippen LogP contribution in [-0.4, -0.2) is 25.5 Å². The molecule has 1 unspecified atom stereocenters. The maximum absolute atomic E-state index is 11.9. The number of rotatable bonds is 2. The van der Waals surface area contributed by atoms with E-state index in [-0.39, 0.29) is 18.3 Å². The molecule has 1 aliphatic rings. The van der Waals surface area contributed by atoms with Gasteiger partial charge >= 0.3 is 5.97 Å². The van der Waals surface area contributed by atoms with Gasteiger partial charge in [-0.1, -0.05) is 15.9 Å². The van der Waals surface area contributed by atoms with E-state index in [0.717, 1.165) is 4.47 Å². The molecule has 1 heterocycles. The Morgan fingerprint density at radius 2 is 2.28 bits per heavy atom. The van der Waals surface area contributed by atoms with Gasteiger partial charge in [0.15, 0.2) is 0 Å². The molecule has 1 fully saturated rings. The Kier molecular flexibility index (Phi) is 3.56. The molecule has 96 valence electrons. The highest BCUT2D eigenvalue weighted by atomic mass is 79.9. The van der Waals surface area contributed by atoms with Crippen LogP contribution in [0.1, 0.15) is 6.42 Å². The molecule has 0 bridgehead atoms. The van der Waals surface area contributed by atoms with Crippen molar-refractivity contribution in [3.05, 3.63) is 22.7 Å². The number of hydrogen-bond acceptors (Lipinski definition) is 4. The molecule has 5 nitrogen and oxygen atoms in total. The lowest BCUT2D eigenvalue weighted by molar-refractivity contribution is -0.145. The summed E-state index contributed by atoms with van der Waals surface area (Å²) in [5.41, 5.74) is 7.01. The second-order valence-corrected chi connectivity index (χ2v) is 5.05. The smallest absolute Gasteiger partial charge is 0.311 e. The Bertz CT molecular complexity index is 504. The van der Waals surface area contributed by atoms with Crippen molar-refractivity contribution >= 4 is 39.2 Å². The molecule has 0 aromatic heterocycles. The average molecular weight is 313 g/mol. The number of nitrogen functional groups attached to an aromatic ring is 1. The third-order valence-electron chi connectivity index (χ3n) is 2.94. The van der Waals surface area contributed by atoms with Crippen molar-refractivity contribution in [1.29, 1.82) is 0 Å². The van der Waals surface area contributed by atoms with Crippen molar-refractivity contribution in [3.63, 3.8) is 0 Å². The van der Waals surface area contributed by atoms with E-state index in [4.69, 9.17) is 5.73 Å². The number of esters is 1. The van der Waals surface area contributed by atoms with Gasteiger partial charge in [0.25, 0.3) is 0 Å². The maximum Gasteiger partial charge on any atom is 0.311 e. The molecule has 1 atom stereocenters. The predicted octanol–water partition coefficient (Wildman–Crippen LogP) is 1.56. The molecule has 18 heavy (non-hydrogen) atoms. The fourth-order valence-electron chi connectivity index (χ4n) is 2.04. The van der Waals surface area contributed by atoms with Crippen molar-refractivity contribution in [1.82, 2.24) is 0 Å². The standard InChI is InChI=1S/C12H13BrN2O3/c1-18-12(17)7-4-11(16)15(6-7)10-3-2-8(13)5-9(10)14/h2-3,5,7H,4,6,14H2,1H3. The van der Waals surface area contributed by atoms with Crippen molar-refractivity contribution in [2.24, 2.45) is 5.92 Å². The minimum absolute atomic E-state index is 0.112. The van der Waals surface area contributed by atoms with Crippen LogP contribution in [0.5, 0.6) is 0 Å². The summed E-state index contributed by atoms with van der Waals surface area (Å²) < 4.78 is 5.51. The van der Waals surface area contributed by atoms with Gasteiger partial charge in [0.05, 0.1) is 24.4 Å². The van der Waals surface area contributed by atoms with Crippen LogP contribution in [0.2, 0.25) is 0 Å². The van der Waals surface area contributed by atoms with Crippen LogP contribution in [0.15, 0.2) is 22.7 Å². The van der Waals surface area contributed by atoms with Crippen molar-refractivity contribution < 1.29 is 14.3 Å². The molecule has 0 spiro atoms. The van der Waals surface area contributed by atoms with Crippen LogP contribution in [0.4, 0.5) is 11.4 Å². The molecule has 0 saturated carbocycles. The largest absolute Gasteiger partial charge is 0.469 e. The average Bonchev–Trinajstić information content (AvgIpc) is 2.70. The summed E-state index contributed by atoms with van der Waals surface area (Å²) in [5.74, 6) is -0.883. The number of anilines is 2. The number of benzene rings is 1. The first-order valence-electron chi connectivity index (χ1n) is 5.46. The maximum atomic E-state index is 11.9. The topological polar surface area (TPSA) is 72.6 Å². The Hall–Kier alpha value is -1.56. The number of carbonyl (C=O) groups is 2. The molecule has 2 rings (SSSR count). The number of amides is 1. The Balaban J connectivity index is 2.24. The van der Waals surface area contributed by atoms with E-state index < -0.39 is 5.92 Å². The van der Waals surface area contributed by atoms with Crippen molar-refractivity contribution in [2.45, 2.75) is 6.42 Å². The van der Waals surface area contributed by atoms with E-state index in [1.165, 1.54) is 12.0 Å². The number of nitrogens with zero attached hydrogens (tertiary/aromatic N) is 1. The van der Waals surface area contributed by atoms with E-state index in [2.05, 4.69) is 20.7 Å². The summed E-state index contributed by atoms with van der Waals surface area (Å²) in [6, 6.07) is 5.30. The molecule has 2 N–H and O–H groups in total. The quantitative estimate of drug-likeness (QED) is 0.664. The summed E-state index contributed by atoms with van der Waals surface area (Å²) >= 11 is 3.31. The van der Waals surface area contributed by atoms with Gasteiger partial charge in [-0.25, -0.2) is 0 Å². The molecular weight excluding hydrogens is 300 g/mol. The van der Waals surface area contributed by atoms with Gasteiger partial charge in [-0.3, -0.25) is 9.59 Å². The first-order chi connectivity index (χ1) is 8.52. The van der Waals surface area contributed by atoms with E-state index in [1.54, 1.807) is 12.1 Å². The number of hydrogen-bond donors (Lipinski definition) is 1. The van der Waals surface area contributed by atoms with Crippen LogP contribution < -0.4 is 10.6 Å². The Labute approximate surface area is 113 Å². The van der Waals surface area contributed by atoms with Crippen molar-refractivity contribution in [3.8, 4) is 0 Å². The van der Waals surface area contributed by atoms with Gasteiger partial charge in [0.1, 0.15) is 0 Å². The van der Waals surface area contributed by atoms with E-state index in [0.29, 0.717) is 17.9 Å². The lowest BCUT2D eigenvalue weighted by Gasteiger charge is -2.18. The molecule has 1 amide bonds. The molecule has 1 aromatic rings. The van der Waals surface area contributed by atoms with Gasteiger partial charge in [0, 0.05) is 17.4 Å². The third kappa shape index (κ3) is 2.33. The van der Waals surface area contributed by atoms with Crippen molar-refractivity contribution in [2.75, 3.05) is 24.3 Å². The van der Waals surface area contributed by atoms with E-state index >= 15 is 0 Å². The minimum Gasteiger partial charge on any atom is -0.469 e. The fourth-order valence-corrected chi connectivity index (χ4v) is 2.41. The van der Waals surface area contributed by atoms with Crippen LogP contribution in [0.3, 0.4) is 0 Å². The van der Waals surface area contributed by atoms with E-state index in [1.807, 2.05) is 6.07 Å². The van der Waals surface area contributed by atoms with Gasteiger partial charge in [0.2, 0.25) is 5.91 Å². The molecule has 1 aromatic carbocycles. The first kappa shape index (κ1) is 12.9. The minimum atomic E-state index is -0.412. The molecule has 1 saturated heterocycles. The Morgan fingerprint density at radius 3 is 2.89 bits per heavy atom. The lowest BCUT2D eigenvalue weighted by atomic mass is 10.1. The summed E-state index contributed by atoms with van der Waals surface area (Å²) in [6.07, 6.45) is 0.169. The normalized spacial score (nSPS) is 19.1. The fraction of sp³-hybridized carbons (Fsp3) is 0.333. The van der Waals surface area contributed by atoms with E-state index in [9.17, 15) is 9.59 Å². The van der Waals surface area contributed by atoms with Gasteiger partial charge < -0.3 is 15.4 Å². The highest BCUT2D eigenvalue weighted by Gasteiger charge is 2.36. The summed E-state index contributed by atoms with van der Waals surface area (Å²) in [7, 11) is 1.32. The monoisotopic (exact) mass is 312 g/mol. The molecular formula is C12H13BrN2O3. The van der Waals surface area contributed by atoms with Crippen LogP contribution in [0, 0.1) is 5.92 Å². The number of halogens is 1. The molecule has 0 radical (unpaired) electrons. The first-order valence-corrected chi connectivity index (χ1v) is 6.25. The molecule has 1 aliphatic heterocycles. The highest BCUT2D eigenvalue weighted by Crippen LogP contribution is 2.31. The number of nitrogens with two attached hydrogens (primary N) is 1. The predicted molar refractivity (Wildman–Crippen MR) is 71.0 cm³/mol. The van der Waals surface area contributed by atoms with Gasteiger partial charge in [-0.2, -0.15) is 0 Å². The Morgan fingerprint density at radius 1 is 1.56 bits per heavy atom. The van der Waals surface area contributed by atoms with Gasteiger partial charge in [-0.15, -0.1) is 0 Å². The van der Waals surface area contributed by atoms with Crippen LogP contribution >= 0.6 is 15.9 Å². The number of methoxy groups -OCH3 is 1. The summed E-state index contributed by atoms with van der Waals surface area (Å²) in [6.45, 7) is 0.317. The third-order valence-corrected chi connectivity index (χ3v) is 3.43. The highest BCUT2D eigenvalue weighted by molar-refractivity contribution is 9.10. The molecule has 0 aliphatic carbocycles.